The second-order valence-electron chi connectivity index (χ2n) is 7.94. The highest BCUT2D eigenvalue weighted by atomic mass is 16.4. The summed E-state index contributed by atoms with van der Waals surface area (Å²) in [6.07, 6.45) is -2.53. The molecular weight excluding hydrogens is 496 g/mol. The Morgan fingerprint density at radius 2 is 1.19 bits per heavy atom. The summed E-state index contributed by atoms with van der Waals surface area (Å²) in [5, 5.41) is 34.0. The van der Waals surface area contributed by atoms with E-state index in [2.05, 4.69) is 10.6 Å². The molecule has 1 aromatic rings. The third-order valence-corrected chi connectivity index (χ3v) is 4.80. The molecule has 4 atom stereocenters. The summed E-state index contributed by atoms with van der Waals surface area (Å²) in [7, 11) is 0. The van der Waals surface area contributed by atoms with Crippen LogP contribution in [-0.2, 0) is 40.0 Å². The lowest BCUT2D eigenvalue weighted by Gasteiger charge is -2.24. The molecule has 0 fully saturated rings. The van der Waals surface area contributed by atoms with Crippen LogP contribution >= 0.6 is 0 Å². The van der Waals surface area contributed by atoms with Crippen molar-refractivity contribution in [2.75, 3.05) is 0 Å². The predicted octanol–water partition coefficient (Wildman–Crippen LogP) is -3.97. The third kappa shape index (κ3) is 11.0. The number of carbonyl (C=O) groups excluding carboxylic acids is 5. The van der Waals surface area contributed by atoms with Crippen molar-refractivity contribution in [1.29, 1.82) is 0 Å². The van der Waals surface area contributed by atoms with Crippen LogP contribution in [0, 0.1) is 0 Å². The molecule has 0 aliphatic heterocycles. The lowest BCUT2D eigenvalue weighted by atomic mass is 10.0. The number of aliphatic carboxylic acids is 2. The van der Waals surface area contributed by atoms with E-state index in [1.807, 2.05) is 5.32 Å². The van der Waals surface area contributed by atoms with Crippen molar-refractivity contribution in [1.82, 2.24) is 16.0 Å². The molecule has 0 aliphatic carbocycles. The van der Waals surface area contributed by atoms with Gasteiger partial charge in [-0.2, -0.15) is 0 Å². The van der Waals surface area contributed by atoms with Crippen LogP contribution in [-0.4, -0.2) is 81.0 Å². The van der Waals surface area contributed by atoms with Crippen LogP contribution in [0.2, 0.25) is 0 Å². The first-order valence-electron chi connectivity index (χ1n) is 10.6. The zero-order valence-corrected chi connectivity index (χ0v) is 19.4. The molecule has 0 saturated carbocycles. The number of carboxylic acid groups (broad SMARTS) is 2. The highest BCUT2D eigenvalue weighted by molar-refractivity contribution is 5.97. The maximum absolute atomic E-state index is 12.9. The number of hydrogen-bond acceptors (Lipinski definition) is 9. The standard InChI is InChI=1S/C21H28N6O10/c22-11(6-15(23)29)18(33)25-13(7-16(24)30)20(35)26-12(5-9-1-3-10(28)4-2-9)19(34)27-14(21(36)37)8-17(31)32/h1-4,11-14,28H,5-8,22H2,(H2,23,29)(H2,24,30)(H,25,33)(H,26,35)(H,27,34)(H,31,32)(H,36,37). The van der Waals surface area contributed by atoms with Gasteiger partial charge in [0.15, 0.2) is 0 Å². The van der Waals surface area contributed by atoms with E-state index in [0.717, 1.165) is 0 Å². The fourth-order valence-corrected chi connectivity index (χ4v) is 2.99. The smallest absolute Gasteiger partial charge is 0.326 e. The Hall–Kier alpha value is -4.73. The topological polar surface area (TPSA) is 294 Å². The zero-order valence-electron chi connectivity index (χ0n) is 19.4. The SMILES string of the molecule is NC(=O)CC(N)C(=O)NC(CC(N)=O)C(=O)NC(Cc1ccc(O)cc1)C(=O)NC(CC(=O)O)C(=O)O. The van der Waals surface area contributed by atoms with Crippen LogP contribution in [0.3, 0.4) is 0 Å². The molecule has 16 heteroatoms. The molecule has 0 aromatic heterocycles. The zero-order chi connectivity index (χ0) is 28.3. The summed E-state index contributed by atoms with van der Waals surface area (Å²) >= 11 is 0. The molecule has 37 heavy (non-hydrogen) atoms. The fraction of sp³-hybridized carbons (Fsp3) is 0.381. The number of phenolic OH excluding ortho intramolecular Hbond substituents is 1. The largest absolute Gasteiger partial charge is 0.508 e. The molecule has 202 valence electrons. The van der Waals surface area contributed by atoms with Crippen LogP contribution in [0.4, 0.5) is 0 Å². The van der Waals surface area contributed by atoms with E-state index in [1.54, 1.807) is 0 Å². The van der Waals surface area contributed by atoms with E-state index in [0.29, 0.717) is 5.56 Å². The van der Waals surface area contributed by atoms with E-state index in [1.165, 1.54) is 24.3 Å². The van der Waals surface area contributed by atoms with Gasteiger partial charge in [0, 0.05) is 6.42 Å². The van der Waals surface area contributed by atoms with Crippen molar-refractivity contribution in [3.63, 3.8) is 0 Å². The van der Waals surface area contributed by atoms with E-state index < -0.39 is 84.9 Å². The Kier molecular flexibility index (Phi) is 11.4. The number of nitrogens with two attached hydrogens (primary N) is 3. The molecule has 0 bridgehead atoms. The van der Waals surface area contributed by atoms with Crippen molar-refractivity contribution in [2.45, 2.75) is 49.9 Å². The number of carboxylic acids is 2. The van der Waals surface area contributed by atoms with Crippen LogP contribution in [0.25, 0.3) is 0 Å². The quantitative estimate of drug-likeness (QED) is 0.107. The molecule has 16 nitrogen and oxygen atoms in total. The van der Waals surface area contributed by atoms with Gasteiger partial charge in [-0.05, 0) is 17.7 Å². The minimum absolute atomic E-state index is 0.0993. The molecule has 12 N–H and O–H groups in total. The van der Waals surface area contributed by atoms with Crippen LogP contribution < -0.4 is 33.2 Å². The first kappa shape index (κ1) is 30.3. The lowest BCUT2D eigenvalue weighted by Crippen LogP contribution is -2.58. The highest BCUT2D eigenvalue weighted by Gasteiger charge is 2.32. The molecule has 0 heterocycles. The Morgan fingerprint density at radius 3 is 1.68 bits per heavy atom. The first-order valence-corrected chi connectivity index (χ1v) is 10.6. The predicted molar refractivity (Wildman–Crippen MR) is 123 cm³/mol. The normalized spacial score (nSPS) is 13.8. The number of aromatic hydroxyl groups is 1. The number of hydrogen-bond donors (Lipinski definition) is 9. The monoisotopic (exact) mass is 524 g/mol. The number of amides is 5. The van der Waals surface area contributed by atoms with Gasteiger partial charge in [-0.3, -0.25) is 28.8 Å². The van der Waals surface area contributed by atoms with Crippen molar-refractivity contribution < 1.29 is 48.9 Å². The van der Waals surface area contributed by atoms with Crippen LogP contribution in [0.5, 0.6) is 5.75 Å². The van der Waals surface area contributed by atoms with Gasteiger partial charge in [-0.25, -0.2) is 4.79 Å². The summed E-state index contributed by atoms with van der Waals surface area (Å²) < 4.78 is 0. The number of phenols is 1. The number of primary amides is 2. The minimum atomic E-state index is -1.84. The number of benzene rings is 1. The van der Waals surface area contributed by atoms with E-state index >= 15 is 0 Å². The Morgan fingerprint density at radius 1 is 0.703 bits per heavy atom. The molecule has 0 spiro atoms. The van der Waals surface area contributed by atoms with Gasteiger partial charge in [0.05, 0.1) is 25.3 Å². The number of nitrogens with one attached hydrogen (secondary N) is 3. The van der Waals surface area contributed by atoms with Crippen molar-refractivity contribution in [2.24, 2.45) is 17.2 Å². The maximum Gasteiger partial charge on any atom is 0.326 e. The van der Waals surface area contributed by atoms with Gasteiger partial charge in [0.2, 0.25) is 29.5 Å². The summed E-state index contributed by atoms with van der Waals surface area (Å²) in [5.74, 6) is -8.39. The molecule has 4 unspecified atom stereocenters. The lowest BCUT2D eigenvalue weighted by molar-refractivity contribution is -0.147. The fourth-order valence-electron chi connectivity index (χ4n) is 2.99. The average molecular weight is 524 g/mol. The molecule has 1 aromatic carbocycles. The van der Waals surface area contributed by atoms with Gasteiger partial charge < -0.3 is 48.5 Å². The third-order valence-electron chi connectivity index (χ3n) is 4.80. The van der Waals surface area contributed by atoms with E-state index in [-0.39, 0.29) is 12.2 Å². The first-order chi connectivity index (χ1) is 17.2. The summed E-state index contributed by atoms with van der Waals surface area (Å²) in [6.45, 7) is 0. The summed E-state index contributed by atoms with van der Waals surface area (Å²) in [6, 6.07) is -1.09. The van der Waals surface area contributed by atoms with Gasteiger partial charge in [0.25, 0.3) is 0 Å². The van der Waals surface area contributed by atoms with Crippen molar-refractivity contribution >= 4 is 41.5 Å². The second kappa shape index (κ2) is 14.0. The number of carbonyl (C=O) groups is 7. The molecule has 0 saturated heterocycles. The molecule has 5 amide bonds. The maximum atomic E-state index is 12.9. The van der Waals surface area contributed by atoms with Gasteiger partial charge in [0.1, 0.15) is 23.9 Å². The molecular formula is C21H28N6O10. The van der Waals surface area contributed by atoms with Gasteiger partial charge in [-0.1, -0.05) is 12.1 Å². The van der Waals surface area contributed by atoms with E-state index in [9.17, 15) is 43.8 Å². The summed E-state index contributed by atoms with van der Waals surface area (Å²) in [5.41, 5.74) is 16.0. The van der Waals surface area contributed by atoms with Crippen molar-refractivity contribution in [3.05, 3.63) is 29.8 Å². The Balaban J connectivity index is 3.18. The molecule has 1 rings (SSSR count). The van der Waals surface area contributed by atoms with Crippen LogP contribution in [0.1, 0.15) is 24.8 Å². The average Bonchev–Trinajstić information content (AvgIpc) is 2.77. The molecule has 0 aliphatic rings. The van der Waals surface area contributed by atoms with Crippen molar-refractivity contribution in [3.8, 4) is 5.75 Å². The minimum Gasteiger partial charge on any atom is -0.508 e. The van der Waals surface area contributed by atoms with Gasteiger partial charge in [-0.15, -0.1) is 0 Å². The Labute approximate surface area is 209 Å². The number of rotatable bonds is 15. The van der Waals surface area contributed by atoms with E-state index in [4.69, 9.17) is 22.3 Å². The Bertz CT molecular complexity index is 1040. The molecule has 0 radical (unpaired) electrons. The second-order valence-corrected chi connectivity index (χ2v) is 7.94. The van der Waals surface area contributed by atoms with Gasteiger partial charge >= 0.3 is 11.9 Å². The van der Waals surface area contributed by atoms with Crippen LogP contribution in [0.15, 0.2) is 24.3 Å². The highest BCUT2D eigenvalue weighted by Crippen LogP contribution is 2.12. The summed E-state index contributed by atoms with van der Waals surface area (Å²) in [4.78, 5) is 82.8.